The van der Waals surface area contributed by atoms with Gasteiger partial charge in [0, 0.05) is 12.2 Å². The van der Waals surface area contributed by atoms with Crippen LogP contribution in [0.15, 0.2) is 36.4 Å². The predicted octanol–water partition coefficient (Wildman–Crippen LogP) is 2.97. The van der Waals surface area contributed by atoms with Gasteiger partial charge in [0.1, 0.15) is 5.69 Å². The molecule has 24 heavy (non-hydrogen) atoms. The zero-order valence-corrected chi connectivity index (χ0v) is 13.4. The first-order valence-electron chi connectivity index (χ1n) is 7.33. The Kier molecular flexibility index (Phi) is 6.06. The maximum atomic E-state index is 12.3. The molecule has 2 aromatic rings. The van der Waals surface area contributed by atoms with E-state index < -0.39 is 6.61 Å². The number of carbonyl (C=O) groups excluding carboxylic acids is 1. The molecule has 0 spiro atoms. The fraction of sp³-hybridized carbons (Fsp3) is 0.294. The van der Waals surface area contributed by atoms with E-state index in [-0.39, 0.29) is 17.4 Å². The molecule has 0 bridgehead atoms. The minimum atomic E-state index is -2.91. The normalized spacial score (nSPS) is 10.5. The van der Waals surface area contributed by atoms with E-state index in [0.717, 1.165) is 11.3 Å². The third-order valence-corrected chi connectivity index (χ3v) is 3.26. The minimum Gasteiger partial charge on any atom is -0.493 e. The Bertz CT molecular complexity index is 708. The molecule has 7 heteroatoms. The van der Waals surface area contributed by atoms with Crippen molar-refractivity contribution < 1.29 is 23.0 Å². The number of hydrogen-bond donors (Lipinski definition) is 1. The summed E-state index contributed by atoms with van der Waals surface area (Å²) >= 11 is 0. The molecule has 0 saturated heterocycles. The highest BCUT2D eigenvalue weighted by Gasteiger charge is 2.11. The van der Waals surface area contributed by atoms with E-state index in [4.69, 9.17) is 4.74 Å². The van der Waals surface area contributed by atoms with Gasteiger partial charge >= 0.3 is 6.61 Å². The van der Waals surface area contributed by atoms with Crippen molar-refractivity contribution in [2.45, 2.75) is 20.0 Å². The third kappa shape index (κ3) is 4.91. The average Bonchev–Trinajstić information content (AvgIpc) is 2.55. The maximum absolute atomic E-state index is 12.3. The van der Waals surface area contributed by atoms with Crippen molar-refractivity contribution in [1.82, 2.24) is 10.3 Å². The summed E-state index contributed by atoms with van der Waals surface area (Å²) in [6.45, 7) is -0.718. The molecule has 5 nitrogen and oxygen atoms in total. The fourth-order valence-corrected chi connectivity index (χ4v) is 2.14. The van der Waals surface area contributed by atoms with Gasteiger partial charge in [0.15, 0.2) is 11.5 Å². The van der Waals surface area contributed by atoms with Crippen LogP contribution in [0.25, 0.3) is 0 Å². The van der Waals surface area contributed by atoms with Gasteiger partial charge in [-0.2, -0.15) is 8.78 Å². The molecular weight excluding hydrogens is 318 g/mol. The van der Waals surface area contributed by atoms with Gasteiger partial charge in [0.05, 0.1) is 7.11 Å². The second-order valence-corrected chi connectivity index (χ2v) is 5.03. The molecule has 0 atom stereocenters. The van der Waals surface area contributed by atoms with Crippen LogP contribution in [-0.4, -0.2) is 31.2 Å². The number of methoxy groups -OCH3 is 1. The van der Waals surface area contributed by atoms with E-state index >= 15 is 0 Å². The van der Waals surface area contributed by atoms with Gasteiger partial charge in [0.2, 0.25) is 0 Å². The molecule has 0 aliphatic heterocycles. The maximum Gasteiger partial charge on any atom is 0.387 e. The van der Waals surface area contributed by atoms with Crippen LogP contribution in [0, 0.1) is 6.92 Å². The van der Waals surface area contributed by atoms with Crippen molar-refractivity contribution in [3.63, 3.8) is 0 Å². The molecule has 0 aliphatic rings. The van der Waals surface area contributed by atoms with Crippen LogP contribution >= 0.6 is 0 Å². The van der Waals surface area contributed by atoms with Gasteiger partial charge in [-0.25, -0.2) is 4.98 Å². The first kappa shape index (κ1) is 17.7. The number of alkyl halides is 2. The highest BCUT2D eigenvalue weighted by Crippen LogP contribution is 2.29. The van der Waals surface area contributed by atoms with Gasteiger partial charge < -0.3 is 14.8 Å². The van der Waals surface area contributed by atoms with E-state index in [1.807, 2.05) is 13.0 Å². The summed E-state index contributed by atoms with van der Waals surface area (Å²) in [5, 5.41) is 2.77. The molecular formula is C17H18F2N2O3. The number of pyridine rings is 1. The van der Waals surface area contributed by atoms with E-state index in [9.17, 15) is 13.6 Å². The summed E-state index contributed by atoms with van der Waals surface area (Å²) in [6.07, 6.45) is 0.517. The third-order valence-electron chi connectivity index (χ3n) is 3.26. The van der Waals surface area contributed by atoms with Crippen molar-refractivity contribution in [3.05, 3.63) is 53.3 Å². The Morgan fingerprint density at radius 1 is 1.25 bits per heavy atom. The second-order valence-electron chi connectivity index (χ2n) is 5.03. The number of rotatable bonds is 7. The van der Waals surface area contributed by atoms with E-state index in [2.05, 4.69) is 15.0 Å². The lowest BCUT2D eigenvalue weighted by Gasteiger charge is -2.11. The fourth-order valence-electron chi connectivity index (χ4n) is 2.14. The van der Waals surface area contributed by atoms with Crippen LogP contribution in [0.5, 0.6) is 11.5 Å². The highest BCUT2D eigenvalue weighted by molar-refractivity contribution is 5.92. The second kappa shape index (κ2) is 8.24. The molecule has 0 saturated carbocycles. The van der Waals surface area contributed by atoms with E-state index in [1.165, 1.54) is 13.2 Å². The smallest absolute Gasteiger partial charge is 0.387 e. The number of aromatic nitrogens is 1. The number of benzene rings is 1. The lowest BCUT2D eigenvalue weighted by Crippen LogP contribution is -2.26. The van der Waals surface area contributed by atoms with E-state index in [0.29, 0.717) is 18.7 Å². The van der Waals surface area contributed by atoms with Crippen LogP contribution < -0.4 is 14.8 Å². The number of ether oxygens (including phenoxy) is 2. The molecule has 0 radical (unpaired) electrons. The molecule has 2 rings (SSSR count). The van der Waals surface area contributed by atoms with Crippen LogP contribution in [0.4, 0.5) is 8.78 Å². The average molecular weight is 336 g/mol. The molecule has 0 aliphatic carbocycles. The first-order valence-corrected chi connectivity index (χ1v) is 7.33. The zero-order chi connectivity index (χ0) is 17.5. The molecule has 1 heterocycles. The largest absolute Gasteiger partial charge is 0.493 e. The summed E-state index contributed by atoms with van der Waals surface area (Å²) < 4.78 is 34.0. The lowest BCUT2D eigenvalue weighted by atomic mass is 10.1. The monoisotopic (exact) mass is 336 g/mol. The number of hydrogen-bond acceptors (Lipinski definition) is 4. The van der Waals surface area contributed by atoms with Gasteiger partial charge in [0.25, 0.3) is 5.91 Å². The van der Waals surface area contributed by atoms with Crippen LogP contribution in [-0.2, 0) is 6.42 Å². The van der Waals surface area contributed by atoms with Crippen molar-refractivity contribution >= 4 is 5.91 Å². The van der Waals surface area contributed by atoms with Gasteiger partial charge in [-0.3, -0.25) is 4.79 Å². The molecule has 0 fully saturated rings. The number of aryl methyl sites for hydroxylation is 1. The van der Waals surface area contributed by atoms with Crippen LogP contribution in [0.1, 0.15) is 21.7 Å². The molecule has 1 aromatic carbocycles. The number of nitrogens with zero attached hydrogens (tertiary/aromatic N) is 1. The number of halogens is 2. The van der Waals surface area contributed by atoms with Crippen LogP contribution in [0.2, 0.25) is 0 Å². The Hall–Kier alpha value is -2.70. The van der Waals surface area contributed by atoms with Crippen molar-refractivity contribution in [2.75, 3.05) is 13.7 Å². The Morgan fingerprint density at radius 2 is 2.04 bits per heavy atom. The number of nitrogens with one attached hydrogen (secondary N) is 1. The number of amides is 1. The van der Waals surface area contributed by atoms with Crippen molar-refractivity contribution in [3.8, 4) is 11.5 Å². The number of carbonyl (C=O) groups is 1. The Labute approximate surface area is 138 Å². The lowest BCUT2D eigenvalue weighted by molar-refractivity contribution is -0.0512. The summed E-state index contributed by atoms with van der Waals surface area (Å²) in [5.41, 5.74) is 1.95. The van der Waals surface area contributed by atoms with Crippen molar-refractivity contribution in [2.24, 2.45) is 0 Å². The molecule has 1 aromatic heterocycles. The Balaban J connectivity index is 1.93. The van der Waals surface area contributed by atoms with Gasteiger partial charge in [-0.1, -0.05) is 12.1 Å². The summed E-state index contributed by atoms with van der Waals surface area (Å²) in [6, 6.07) is 9.90. The van der Waals surface area contributed by atoms with Gasteiger partial charge in [-0.15, -0.1) is 0 Å². The summed E-state index contributed by atoms with van der Waals surface area (Å²) in [7, 11) is 1.38. The van der Waals surface area contributed by atoms with Crippen molar-refractivity contribution in [1.29, 1.82) is 0 Å². The molecule has 0 unspecified atom stereocenters. The molecule has 1 N–H and O–H groups in total. The minimum absolute atomic E-state index is 0.0238. The highest BCUT2D eigenvalue weighted by atomic mass is 19.3. The quantitative estimate of drug-likeness (QED) is 0.844. The summed E-state index contributed by atoms with van der Waals surface area (Å²) in [4.78, 5) is 16.1. The van der Waals surface area contributed by atoms with Crippen LogP contribution in [0.3, 0.4) is 0 Å². The standard InChI is InChI=1S/C17H18F2N2O3/c1-11-4-3-5-13(21-11)16(22)20-9-8-12-6-7-14(24-17(18)19)15(10-12)23-2/h3-7,10,17H,8-9H2,1-2H3,(H,20,22). The zero-order valence-electron chi connectivity index (χ0n) is 13.4. The van der Waals surface area contributed by atoms with Gasteiger partial charge in [-0.05, 0) is 43.2 Å². The van der Waals surface area contributed by atoms with E-state index in [1.54, 1.807) is 24.3 Å². The predicted molar refractivity (Wildman–Crippen MR) is 84.6 cm³/mol. The first-order chi connectivity index (χ1) is 11.5. The topological polar surface area (TPSA) is 60.5 Å². The molecule has 1 amide bonds. The molecule has 128 valence electrons. The SMILES string of the molecule is COc1cc(CCNC(=O)c2cccc(C)n2)ccc1OC(F)F. The Morgan fingerprint density at radius 3 is 2.71 bits per heavy atom. The summed E-state index contributed by atoms with van der Waals surface area (Å²) in [5.74, 6) is -0.0629.